The highest BCUT2D eigenvalue weighted by molar-refractivity contribution is 7.98. The molecule has 1 aromatic heterocycles. The van der Waals surface area contributed by atoms with E-state index in [1.165, 1.54) is 11.8 Å². The normalized spacial score (nSPS) is 10.4. The monoisotopic (exact) mass is 381 g/mol. The van der Waals surface area contributed by atoms with Gasteiger partial charge in [0.1, 0.15) is 0 Å². The van der Waals surface area contributed by atoms with E-state index in [-0.39, 0.29) is 12.5 Å². The Kier molecular flexibility index (Phi) is 5.93. The summed E-state index contributed by atoms with van der Waals surface area (Å²) in [7, 11) is 0. The molecule has 0 atom stereocenters. The molecule has 0 saturated carbocycles. The van der Waals surface area contributed by atoms with Gasteiger partial charge in [-0.1, -0.05) is 12.1 Å². The predicted molar refractivity (Wildman–Crippen MR) is 105 cm³/mol. The smallest absolute Gasteiger partial charge is 0.338 e. The number of carbonyl (C=O) groups is 2. The van der Waals surface area contributed by atoms with Gasteiger partial charge in [0, 0.05) is 16.8 Å². The summed E-state index contributed by atoms with van der Waals surface area (Å²) in [6.45, 7) is 1.60. The number of amides is 1. The van der Waals surface area contributed by atoms with Crippen molar-refractivity contribution >= 4 is 29.3 Å². The van der Waals surface area contributed by atoms with Crippen molar-refractivity contribution in [1.82, 2.24) is 9.78 Å². The third-order valence-electron chi connectivity index (χ3n) is 3.89. The van der Waals surface area contributed by atoms with Gasteiger partial charge in [0.25, 0.3) is 5.91 Å². The third-order valence-corrected chi connectivity index (χ3v) is 4.69. The van der Waals surface area contributed by atoms with Crippen LogP contribution in [0.4, 0.5) is 5.69 Å². The molecule has 0 bridgehead atoms. The maximum absolute atomic E-state index is 12.2. The second-order valence-electron chi connectivity index (χ2n) is 5.76. The van der Waals surface area contributed by atoms with Crippen LogP contribution >= 0.6 is 11.8 Å². The van der Waals surface area contributed by atoms with Gasteiger partial charge in [-0.15, -0.1) is 11.8 Å². The molecular formula is C20H19N3O3S. The van der Waals surface area contributed by atoms with E-state index in [4.69, 9.17) is 4.74 Å². The molecule has 7 heteroatoms. The number of esters is 1. The molecule has 138 valence electrons. The highest BCUT2D eigenvalue weighted by Crippen LogP contribution is 2.24. The summed E-state index contributed by atoms with van der Waals surface area (Å²) in [4.78, 5) is 25.2. The van der Waals surface area contributed by atoms with Gasteiger partial charge in [0.15, 0.2) is 6.61 Å². The van der Waals surface area contributed by atoms with Crippen LogP contribution in [0.5, 0.6) is 0 Å². The number of nitrogens with zero attached hydrogens (tertiary/aromatic N) is 2. The van der Waals surface area contributed by atoms with E-state index in [1.807, 2.05) is 43.5 Å². The van der Waals surface area contributed by atoms with Gasteiger partial charge in [0.05, 0.1) is 16.9 Å². The van der Waals surface area contributed by atoms with Crippen LogP contribution in [0.3, 0.4) is 0 Å². The fraction of sp³-hybridized carbons (Fsp3) is 0.150. The van der Waals surface area contributed by atoms with Crippen LogP contribution in [0.15, 0.2) is 65.7 Å². The van der Waals surface area contributed by atoms with Crippen LogP contribution in [0.1, 0.15) is 16.1 Å². The van der Waals surface area contributed by atoms with Gasteiger partial charge in [-0.25, -0.2) is 9.48 Å². The fourth-order valence-corrected chi connectivity index (χ4v) is 3.08. The number of benzene rings is 2. The molecule has 1 amide bonds. The minimum atomic E-state index is -0.549. The molecular weight excluding hydrogens is 362 g/mol. The molecule has 0 radical (unpaired) electrons. The Morgan fingerprint density at radius 1 is 1.11 bits per heavy atom. The van der Waals surface area contributed by atoms with Crippen LogP contribution < -0.4 is 5.32 Å². The third kappa shape index (κ3) is 4.57. The van der Waals surface area contributed by atoms with Gasteiger partial charge < -0.3 is 10.1 Å². The highest BCUT2D eigenvalue weighted by Gasteiger charge is 2.12. The van der Waals surface area contributed by atoms with Gasteiger partial charge >= 0.3 is 5.97 Å². The standard InChI is InChI=1S/C20H19N3O3S/c1-14-11-12-21-23(14)16-9-7-15(8-10-16)20(25)26-13-19(24)22-17-5-3-4-6-18(17)27-2/h3-12H,13H2,1-2H3,(H,22,24). The lowest BCUT2D eigenvalue weighted by atomic mass is 10.2. The molecule has 0 aliphatic heterocycles. The first-order valence-electron chi connectivity index (χ1n) is 8.29. The number of nitrogens with one attached hydrogen (secondary N) is 1. The summed E-state index contributed by atoms with van der Waals surface area (Å²) in [5, 5.41) is 6.97. The summed E-state index contributed by atoms with van der Waals surface area (Å²) in [5.41, 5.74) is 2.92. The van der Waals surface area contributed by atoms with Crippen molar-refractivity contribution in [1.29, 1.82) is 0 Å². The molecule has 0 aliphatic rings. The van der Waals surface area contributed by atoms with Crippen LogP contribution in [0.25, 0.3) is 5.69 Å². The summed E-state index contributed by atoms with van der Waals surface area (Å²) in [6.07, 6.45) is 3.64. The topological polar surface area (TPSA) is 73.2 Å². The van der Waals surface area contributed by atoms with Crippen molar-refractivity contribution < 1.29 is 14.3 Å². The Hall–Kier alpha value is -3.06. The molecule has 0 spiro atoms. The molecule has 1 heterocycles. The van der Waals surface area contributed by atoms with Crippen molar-refractivity contribution in [2.45, 2.75) is 11.8 Å². The summed E-state index contributed by atoms with van der Waals surface area (Å²) in [6, 6.07) is 16.2. The first kappa shape index (κ1) is 18.7. The second kappa shape index (κ2) is 8.55. The molecule has 0 fully saturated rings. The van der Waals surface area contributed by atoms with Crippen LogP contribution in [0.2, 0.25) is 0 Å². The average molecular weight is 381 g/mol. The maximum Gasteiger partial charge on any atom is 0.338 e. The number of rotatable bonds is 6. The largest absolute Gasteiger partial charge is 0.452 e. The van der Waals surface area contributed by atoms with Crippen molar-refractivity contribution in [2.75, 3.05) is 18.2 Å². The lowest BCUT2D eigenvalue weighted by Gasteiger charge is -2.10. The van der Waals surface area contributed by atoms with Crippen molar-refractivity contribution in [3.8, 4) is 5.69 Å². The average Bonchev–Trinajstić information content (AvgIpc) is 3.12. The zero-order chi connectivity index (χ0) is 19.2. The first-order chi connectivity index (χ1) is 13.1. The Labute approximate surface area is 161 Å². The van der Waals surface area contributed by atoms with E-state index in [1.54, 1.807) is 35.1 Å². The van der Waals surface area contributed by atoms with E-state index in [0.717, 1.165) is 16.3 Å². The maximum atomic E-state index is 12.2. The number of thioether (sulfide) groups is 1. The summed E-state index contributed by atoms with van der Waals surface area (Å²) in [5.74, 6) is -0.930. The number of ether oxygens (including phenoxy) is 1. The molecule has 1 N–H and O–H groups in total. The van der Waals surface area contributed by atoms with Crippen molar-refractivity contribution in [2.24, 2.45) is 0 Å². The first-order valence-corrected chi connectivity index (χ1v) is 9.52. The van der Waals surface area contributed by atoms with E-state index >= 15 is 0 Å². The van der Waals surface area contributed by atoms with E-state index < -0.39 is 5.97 Å². The van der Waals surface area contributed by atoms with Gasteiger partial charge in [-0.3, -0.25) is 4.79 Å². The Bertz CT molecular complexity index is 951. The number of anilines is 1. The number of hydrogen-bond acceptors (Lipinski definition) is 5. The molecule has 3 aromatic rings. The van der Waals surface area contributed by atoms with Crippen LogP contribution in [0, 0.1) is 6.92 Å². The minimum absolute atomic E-state index is 0.346. The lowest BCUT2D eigenvalue weighted by molar-refractivity contribution is -0.119. The Morgan fingerprint density at radius 2 is 1.85 bits per heavy atom. The van der Waals surface area contributed by atoms with Crippen LogP contribution in [-0.2, 0) is 9.53 Å². The van der Waals surface area contributed by atoms with Gasteiger partial charge in [-0.05, 0) is 55.6 Å². The van der Waals surface area contributed by atoms with E-state index in [0.29, 0.717) is 11.3 Å². The molecule has 6 nitrogen and oxygen atoms in total. The minimum Gasteiger partial charge on any atom is -0.452 e. The number of aromatic nitrogens is 2. The van der Waals surface area contributed by atoms with E-state index in [9.17, 15) is 9.59 Å². The molecule has 0 saturated heterocycles. The van der Waals surface area contributed by atoms with Crippen molar-refractivity contribution in [3.63, 3.8) is 0 Å². The molecule has 3 rings (SSSR count). The Balaban J connectivity index is 1.57. The summed E-state index contributed by atoms with van der Waals surface area (Å²) < 4.78 is 6.88. The fourth-order valence-electron chi connectivity index (χ4n) is 2.53. The quantitative estimate of drug-likeness (QED) is 0.521. The zero-order valence-corrected chi connectivity index (χ0v) is 15.8. The molecule has 0 aliphatic carbocycles. The lowest BCUT2D eigenvalue weighted by Crippen LogP contribution is -2.21. The van der Waals surface area contributed by atoms with Gasteiger partial charge in [-0.2, -0.15) is 5.10 Å². The number of carbonyl (C=O) groups excluding carboxylic acids is 2. The number of para-hydroxylation sites is 1. The molecule has 2 aromatic carbocycles. The predicted octanol–water partition coefficient (Wildman–Crippen LogP) is 3.70. The van der Waals surface area contributed by atoms with Crippen LogP contribution in [-0.4, -0.2) is 34.5 Å². The highest BCUT2D eigenvalue weighted by atomic mass is 32.2. The summed E-state index contributed by atoms with van der Waals surface area (Å²) >= 11 is 1.53. The number of hydrogen-bond donors (Lipinski definition) is 1. The van der Waals surface area contributed by atoms with Crippen molar-refractivity contribution in [3.05, 3.63) is 72.1 Å². The Morgan fingerprint density at radius 3 is 2.52 bits per heavy atom. The SMILES string of the molecule is CSc1ccccc1NC(=O)COC(=O)c1ccc(-n2nccc2C)cc1. The number of aryl methyl sites for hydroxylation is 1. The van der Waals surface area contributed by atoms with Gasteiger partial charge in [0.2, 0.25) is 0 Å². The molecule has 27 heavy (non-hydrogen) atoms. The second-order valence-corrected chi connectivity index (χ2v) is 6.60. The molecule has 0 unspecified atom stereocenters. The zero-order valence-electron chi connectivity index (χ0n) is 15.0. The van der Waals surface area contributed by atoms with E-state index in [2.05, 4.69) is 10.4 Å².